The zero-order chi connectivity index (χ0) is 20.8. The summed E-state index contributed by atoms with van der Waals surface area (Å²) in [4.78, 5) is 12.7. The van der Waals surface area contributed by atoms with Crippen molar-refractivity contribution in [1.82, 2.24) is 5.32 Å². The van der Waals surface area contributed by atoms with Crippen molar-refractivity contribution in [2.24, 2.45) is 5.92 Å². The Morgan fingerprint density at radius 3 is 2.48 bits per heavy atom. The zero-order valence-electron chi connectivity index (χ0n) is 16.0. The Morgan fingerprint density at radius 2 is 1.86 bits per heavy atom. The zero-order valence-corrected chi connectivity index (χ0v) is 16.8. The molecule has 1 aliphatic rings. The highest BCUT2D eigenvalue weighted by atomic mass is 32.2. The van der Waals surface area contributed by atoms with Crippen LogP contribution in [-0.2, 0) is 9.84 Å². The second-order valence-corrected chi connectivity index (χ2v) is 9.46. The summed E-state index contributed by atoms with van der Waals surface area (Å²) < 4.78 is 42.6. The summed E-state index contributed by atoms with van der Waals surface area (Å²) in [5.41, 5.74) is 1.88. The van der Waals surface area contributed by atoms with E-state index in [1.807, 2.05) is 6.92 Å². The van der Waals surface area contributed by atoms with Gasteiger partial charge in [0, 0.05) is 22.9 Å². The summed E-state index contributed by atoms with van der Waals surface area (Å²) in [7, 11) is -3.29. The second kappa shape index (κ2) is 7.18. The third-order valence-corrected chi connectivity index (χ3v) is 6.27. The molecule has 0 bridgehead atoms. The molecule has 3 aromatic rings. The van der Waals surface area contributed by atoms with Crippen LogP contribution in [0.15, 0.2) is 51.8 Å². The third kappa shape index (κ3) is 4.12. The minimum Gasteiger partial charge on any atom is -0.459 e. The quantitative estimate of drug-likeness (QED) is 0.638. The molecule has 29 heavy (non-hydrogen) atoms. The van der Waals surface area contributed by atoms with Gasteiger partial charge in [-0.3, -0.25) is 0 Å². The van der Waals surface area contributed by atoms with E-state index in [1.54, 1.807) is 6.07 Å². The lowest BCUT2D eigenvalue weighted by Crippen LogP contribution is -2.33. The standard InChI is InChI=1S/C21H21FN2O4S/c1-12-17-11-14(22)5-10-18(17)28-20(12)19(13-3-4-13)24-21(25)23-15-6-8-16(9-7-15)29(2,26)27/h5-11,13,19H,3-4H2,1-2H3,(H2,23,24,25)/t19-/m1/s1. The van der Waals surface area contributed by atoms with Crippen LogP contribution in [0.5, 0.6) is 0 Å². The van der Waals surface area contributed by atoms with Gasteiger partial charge in [0.05, 0.1) is 10.9 Å². The minimum atomic E-state index is -3.29. The van der Waals surface area contributed by atoms with Crippen LogP contribution in [0.3, 0.4) is 0 Å². The molecule has 0 saturated heterocycles. The van der Waals surface area contributed by atoms with Gasteiger partial charge in [-0.05, 0) is 68.1 Å². The first-order valence-electron chi connectivity index (χ1n) is 9.28. The highest BCUT2D eigenvalue weighted by Gasteiger charge is 2.37. The molecular formula is C21H21FN2O4S. The van der Waals surface area contributed by atoms with Crippen LogP contribution >= 0.6 is 0 Å². The number of anilines is 1. The van der Waals surface area contributed by atoms with E-state index in [0.29, 0.717) is 22.4 Å². The Hall–Kier alpha value is -2.87. The molecule has 6 nitrogen and oxygen atoms in total. The van der Waals surface area contributed by atoms with Crippen molar-refractivity contribution in [3.05, 3.63) is 59.6 Å². The molecule has 2 amide bonds. The number of carbonyl (C=O) groups excluding carboxylic acids is 1. The van der Waals surface area contributed by atoms with Crippen molar-refractivity contribution in [2.45, 2.75) is 30.7 Å². The molecule has 0 unspecified atom stereocenters. The number of carbonyl (C=O) groups is 1. The van der Waals surface area contributed by atoms with E-state index in [2.05, 4.69) is 10.6 Å². The first-order valence-corrected chi connectivity index (χ1v) is 11.2. The first-order chi connectivity index (χ1) is 13.7. The Bertz CT molecular complexity index is 1180. The number of fused-ring (bicyclic) bond motifs is 1. The van der Waals surface area contributed by atoms with Gasteiger partial charge in [0.1, 0.15) is 17.2 Å². The Kier molecular flexibility index (Phi) is 4.82. The Labute approximate surface area is 168 Å². The van der Waals surface area contributed by atoms with E-state index in [0.717, 1.165) is 24.7 Å². The number of sulfone groups is 1. The van der Waals surface area contributed by atoms with Gasteiger partial charge in [-0.1, -0.05) is 0 Å². The Balaban J connectivity index is 1.53. The molecule has 4 rings (SSSR count). The summed E-state index contributed by atoms with van der Waals surface area (Å²) in [5.74, 6) is 0.562. The van der Waals surface area contributed by atoms with Gasteiger partial charge in [-0.25, -0.2) is 17.6 Å². The maximum absolute atomic E-state index is 13.6. The molecule has 152 valence electrons. The average molecular weight is 416 g/mol. The van der Waals surface area contributed by atoms with Crippen molar-refractivity contribution < 1.29 is 22.0 Å². The van der Waals surface area contributed by atoms with Crippen molar-refractivity contribution in [3.8, 4) is 0 Å². The van der Waals surface area contributed by atoms with E-state index >= 15 is 0 Å². The molecule has 1 fully saturated rings. The van der Waals surface area contributed by atoms with Crippen LogP contribution in [0.4, 0.5) is 14.9 Å². The largest absolute Gasteiger partial charge is 0.459 e. The van der Waals surface area contributed by atoms with Gasteiger partial charge in [0.2, 0.25) is 0 Å². The minimum absolute atomic E-state index is 0.185. The fourth-order valence-corrected chi connectivity index (χ4v) is 4.06. The molecule has 1 atom stereocenters. The number of halogens is 1. The monoisotopic (exact) mass is 416 g/mol. The van der Waals surface area contributed by atoms with E-state index in [1.165, 1.54) is 36.4 Å². The molecule has 1 saturated carbocycles. The number of amides is 2. The number of benzene rings is 2. The van der Waals surface area contributed by atoms with Crippen molar-refractivity contribution >= 4 is 32.5 Å². The fourth-order valence-electron chi connectivity index (χ4n) is 3.43. The first kappa shape index (κ1) is 19.4. The molecular weight excluding hydrogens is 395 g/mol. The van der Waals surface area contributed by atoms with Gasteiger partial charge in [0.15, 0.2) is 9.84 Å². The third-order valence-electron chi connectivity index (χ3n) is 5.14. The molecule has 8 heteroatoms. The maximum atomic E-state index is 13.6. The Morgan fingerprint density at radius 1 is 1.17 bits per heavy atom. The van der Waals surface area contributed by atoms with E-state index in [4.69, 9.17) is 4.42 Å². The summed E-state index contributed by atoms with van der Waals surface area (Å²) in [5, 5.41) is 6.37. The van der Waals surface area contributed by atoms with E-state index < -0.39 is 15.9 Å². The van der Waals surface area contributed by atoms with Crippen molar-refractivity contribution in [2.75, 3.05) is 11.6 Å². The lowest BCUT2D eigenvalue weighted by atomic mass is 10.0. The number of urea groups is 1. The molecule has 0 aliphatic heterocycles. The number of aryl methyl sites for hydroxylation is 1. The summed E-state index contributed by atoms with van der Waals surface area (Å²) in [6.45, 7) is 1.86. The second-order valence-electron chi connectivity index (χ2n) is 7.44. The van der Waals surface area contributed by atoms with Crippen molar-refractivity contribution in [3.63, 3.8) is 0 Å². The van der Waals surface area contributed by atoms with Crippen LogP contribution in [-0.4, -0.2) is 20.7 Å². The summed E-state index contributed by atoms with van der Waals surface area (Å²) in [6.07, 6.45) is 3.07. The van der Waals surface area contributed by atoms with Gasteiger partial charge in [-0.15, -0.1) is 0 Å². The van der Waals surface area contributed by atoms with Crippen LogP contribution in [0, 0.1) is 18.7 Å². The van der Waals surface area contributed by atoms with E-state index in [9.17, 15) is 17.6 Å². The van der Waals surface area contributed by atoms with Crippen LogP contribution in [0.25, 0.3) is 11.0 Å². The smallest absolute Gasteiger partial charge is 0.319 e. The van der Waals surface area contributed by atoms with Crippen LogP contribution < -0.4 is 10.6 Å². The van der Waals surface area contributed by atoms with E-state index in [-0.39, 0.29) is 22.7 Å². The number of rotatable bonds is 5. The molecule has 1 aromatic heterocycles. The number of nitrogens with one attached hydrogen (secondary N) is 2. The normalized spacial score (nSPS) is 15.3. The SMILES string of the molecule is Cc1c([C@H](NC(=O)Nc2ccc(S(C)(=O)=O)cc2)C2CC2)oc2ccc(F)cc12. The summed E-state index contributed by atoms with van der Waals surface area (Å²) in [6, 6.07) is 9.61. The highest BCUT2D eigenvalue weighted by Crippen LogP contribution is 2.44. The molecule has 2 N–H and O–H groups in total. The lowest BCUT2D eigenvalue weighted by molar-refractivity contribution is 0.244. The van der Waals surface area contributed by atoms with Gasteiger partial charge in [0.25, 0.3) is 0 Å². The lowest BCUT2D eigenvalue weighted by Gasteiger charge is -2.17. The molecule has 0 spiro atoms. The predicted octanol–water partition coefficient (Wildman–Crippen LogP) is 4.56. The maximum Gasteiger partial charge on any atom is 0.319 e. The molecule has 0 radical (unpaired) electrons. The van der Waals surface area contributed by atoms with Crippen LogP contribution in [0.1, 0.15) is 30.2 Å². The van der Waals surface area contributed by atoms with Gasteiger partial charge < -0.3 is 15.1 Å². The fraction of sp³-hybridized carbons (Fsp3) is 0.286. The van der Waals surface area contributed by atoms with Crippen LogP contribution in [0.2, 0.25) is 0 Å². The molecule has 2 aromatic carbocycles. The number of hydrogen-bond donors (Lipinski definition) is 2. The predicted molar refractivity (Wildman–Crippen MR) is 108 cm³/mol. The van der Waals surface area contributed by atoms with Gasteiger partial charge in [-0.2, -0.15) is 0 Å². The number of furan rings is 1. The molecule has 1 aliphatic carbocycles. The topological polar surface area (TPSA) is 88.4 Å². The highest BCUT2D eigenvalue weighted by molar-refractivity contribution is 7.90. The summed E-state index contributed by atoms with van der Waals surface area (Å²) >= 11 is 0. The number of hydrogen-bond acceptors (Lipinski definition) is 4. The molecule has 1 heterocycles. The average Bonchev–Trinajstić information content (AvgIpc) is 3.45. The van der Waals surface area contributed by atoms with Crippen molar-refractivity contribution in [1.29, 1.82) is 0 Å². The van der Waals surface area contributed by atoms with Gasteiger partial charge >= 0.3 is 6.03 Å².